The van der Waals surface area contributed by atoms with E-state index in [0.29, 0.717) is 0 Å². The number of aromatic nitrogens is 1. The van der Waals surface area contributed by atoms with Gasteiger partial charge in [0.05, 0.1) is 19.9 Å². The van der Waals surface area contributed by atoms with Crippen LogP contribution in [0, 0.1) is 6.07 Å². The molecule has 131 valence electrons. The van der Waals surface area contributed by atoms with Crippen LogP contribution in [0.4, 0.5) is 0 Å². The summed E-state index contributed by atoms with van der Waals surface area (Å²) in [7, 11) is -0.760. The van der Waals surface area contributed by atoms with E-state index in [1.807, 2.05) is 24.4 Å². The van der Waals surface area contributed by atoms with Crippen LogP contribution < -0.4 is 10.6 Å². The molecule has 4 aromatic rings. The fourth-order valence-corrected chi connectivity index (χ4v) is 6.36. The van der Waals surface area contributed by atoms with E-state index in [1.165, 1.54) is 27.3 Å². The third-order valence-electron chi connectivity index (χ3n) is 5.09. The molecule has 1 unspecified atom stereocenters. The average molecular weight is 542 g/mol. The average Bonchev–Trinajstić information content (AvgIpc) is 3.02. The van der Waals surface area contributed by atoms with Gasteiger partial charge in [-0.15, -0.1) is 29.8 Å². The standard InChI is InChI=1S/C24H17NP.Os/c1-26-23-14-3-2-10-20(23)21-12-7-11-19(24(21)26)17-8-6-9-18(16-17)22-13-4-5-15-25-22;/h2-15H,1H3;/q-1;+1/p+1. The Balaban J connectivity index is 0.00000180. The van der Waals surface area contributed by atoms with Gasteiger partial charge < -0.3 is 0 Å². The first-order valence-corrected chi connectivity index (χ1v) is 10.8. The Hall–Kier alpha value is -2.12. The summed E-state index contributed by atoms with van der Waals surface area (Å²) in [5.74, 6) is 0. The number of pyridine rings is 1. The maximum Gasteiger partial charge on any atom is 1.00 e. The van der Waals surface area contributed by atoms with Crippen molar-refractivity contribution >= 4 is 18.5 Å². The number of hydrogen-bond acceptors (Lipinski definition) is 1. The minimum atomic E-state index is -0.760. The van der Waals surface area contributed by atoms with Gasteiger partial charge in [0.1, 0.15) is 5.30 Å². The van der Waals surface area contributed by atoms with Gasteiger partial charge in [-0.25, -0.2) is 0 Å². The van der Waals surface area contributed by atoms with Crippen LogP contribution in [0.5, 0.6) is 0 Å². The molecule has 1 aromatic heterocycles. The van der Waals surface area contributed by atoms with Crippen molar-refractivity contribution in [2.24, 2.45) is 0 Å². The fourth-order valence-electron chi connectivity index (χ4n) is 3.88. The van der Waals surface area contributed by atoms with Crippen LogP contribution in [-0.2, 0) is 19.8 Å². The second kappa shape index (κ2) is 7.48. The van der Waals surface area contributed by atoms with Crippen molar-refractivity contribution in [1.82, 2.24) is 4.98 Å². The summed E-state index contributed by atoms with van der Waals surface area (Å²) in [6.07, 6.45) is 1.83. The first-order valence-electron chi connectivity index (χ1n) is 8.84. The van der Waals surface area contributed by atoms with Gasteiger partial charge in [-0.2, -0.15) is 0 Å². The van der Waals surface area contributed by atoms with Gasteiger partial charge in [0.25, 0.3) is 0 Å². The molecule has 0 saturated carbocycles. The second-order valence-electron chi connectivity index (χ2n) is 6.59. The number of rotatable bonds is 2. The van der Waals surface area contributed by atoms with E-state index in [-0.39, 0.29) is 19.8 Å². The monoisotopic (exact) mass is 543 g/mol. The quantitative estimate of drug-likeness (QED) is 0.258. The van der Waals surface area contributed by atoms with Crippen LogP contribution in [0.25, 0.3) is 33.5 Å². The minimum absolute atomic E-state index is 0. The van der Waals surface area contributed by atoms with Crippen LogP contribution in [0.15, 0.2) is 85.1 Å². The van der Waals surface area contributed by atoms with Crippen LogP contribution in [0.3, 0.4) is 0 Å². The van der Waals surface area contributed by atoms with Crippen molar-refractivity contribution in [3.8, 4) is 33.5 Å². The summed E-state index contributed by atoms with van der Waals surface area (Å²) in [6, 6.07) is 31.5. The molecule has 27 heavy (non-hydrogen) atoms. The van der Waals surface area contributed by atoms with Gasteiger partial charge in [0.15, 0.2) is 0 Å². The van der Waals surface area contributed by atoms with E-state index in [4.69, 9.17) is 0 Å². The number of fused-ring (bicyclic) bond motifs is 3. The SMILES string of the molecule is C[PH+]1c2ccccc2-c2cccc(-c3[c-]c(-c4ccccn4)ccc3)c21.[Os+]. The summed E-state index contributed by atoms with van der Waals surface area (Å²) in [4.78, 5) is 4.48. The van der Waals surface area contributed by atoms with Gasteiger partial charge in [-0.05, 0) is 17.7 Å². The van der Waals surface area contributed by atoms with Crippen molar-refractivity contribution in [3.05, 3.63) is 91.1 Å². The van der Waals surface area contributed by atoms with Gasteiger partial charge in [-0.3, -0.25) is 4.98 Å². The fraction of sp³-hybridized carbons (Fsp3) is 0.0417. The summed E-state index contributed by atoms with van der Waals surface area (Å²) in [5, 5.41) is 3.02. The van der Waals surface area contributed by atoms with Crippen molar-refractivity contribution in [2.75, 3.05) is 6.66 Å². The molecule has 1 aliphatic heterocycles. The van der Waals surface area contributed by atoms with Crippen LogP contribution in [0.2, 0.25) is 0 Å². The summed E-state index contributed by atoms with van der Waals surface area (Å²) >= 11 is 0. The summed E-state index contributed by atoms with van der Waals surface area (Å²) in [6.45, 7) is 2.40. The van der Waals surface area contributed by atoms with Gasteiger partial charge >= 0.3 is 19.8 Å². The Kier molecular flexibility index (Phi) is 5.05. The zero-order valence-corrected chi connectivity index (χ0v) is 18.4. The Morgan fingerprint density at radius 1 is 0.704 bits per heavy atom. The zero-order valence-electron chi connectivity index (χ0n) is 14.9. The van der Waals surface area contributed by atoms with Gasteiger partial charge in [-0.1, -0.05) is 54.1 Å². The van der Waals surface area contributed by atoms with Gasteiger partial charge in [0.2, 0.25) is 0 Å². The number of nitrogens with zero attached hydrogens (tertiary/aromatic N) is 1. The molecule has 1 nitrogen and oxygen atoms in total. The summed E-state index contributed by atoms with van der Waals surface area (Å²) in [5.41, 5.74) is 7.27. The molecule has 1 atom stereocenters. The molecule has 0 bridgehead atoms. The number of hydrogen-bond donors (Lipinski definition) is 0. The third kappa shape index (κ3) is 3.08. The third-order valence-corrected chi connectivity index (χ3v) is 7.62. The molecule has 1 radical (unpaired) electrons. The first kappa shape index (κ1) is 18.2. The first-order chi connectivity index (χ1) is 12.8. The normalized spacial score (nSPS) is 14.2. The Morgan fingerprint density at radius 3 is 2.26 bits per heavy atom. The Bertz CT molecular complexity index is 1110. The smallest absolute Gasteiger partial charge is 0.295 e. The maximum atomic E-state index is 4.48. The molecular formula is C24H18NOsP+. The Morgan fingerprint density at radius 2 is 1.41 bits per heavy atom. The zero-order chi connectivity index (χ0) is 17.5. The molecule has 0 amide bonds. The van der Waals surface area contributed by atoms with E-state index >= 15 is 0 Å². The number of benzene rings is 3. The molecular weight excluding hydrogens is 523 g/mol. The topological polar surface area (TPSA) is 12.9 Å². The summed E-state index contributed by atoms with van der Waals surface area (Å²) < 4.78 is 0. The van der Waals surface area contributed by atoms with Crippen molar-refractivity contribution in [3.63, 3.8) is 0 Å². The van der Waals surface area contributed by atoms with E-state index in [9.17, 15) is 0 Å². The molecule has 0 N–H and O–H groups in total. The van der Waals surface area contributed by atoms with E-state index in [0.717, 1.165) is 16.8 Å². The van der Waals surface area contributed by atoms with E-state index in [2.05, 4.69) is 78.4 Å². The van der Waals surface area contributed by atoms with E-state index < -0.39 is 7.92 Å². The molecule has 0 fully saturated rings. The van der Waals surface area contributed by atoms with Crippen LogP contribution in [0.1, 0.15) is 0 Å². The molecule has 2 heterocycles. The predicted molar refractivity (Wildman–Crippen MR) is 113 cm³/mol. The Labute approximate surface area is 174 Å². The second-order valence-corrected chi connectivity index (χ2v) is 8.88. The molecule has 1 aliphatic rings. The predicted octanol–water partition coefficient (Wildman–Crippen LogP) is 4.99. The van der Waals surface area contributed by atoms with Crippen molar-refractivity contribution in [2.45, 2.75) is 0 Å². The van der Waals surface area contributed by atoms with Crippen molar-refractivity contribution in [1.29, 1.82) is 0 Å². The molecule has 0 spiro atoms. The molecule has 0 saturated heterocycles. The van der Waals surface area contributed by atoms with E-state index in [1.54, 1.807) is 0 Å². The molecule has 3 aromatic carbocycles. The molecule has 3 heteroatoms. The van der Waals surface area contributed by atoms with Crippen molar-refractivity contribution < 1.29 is 19.8 Å². The minimum Gasteiger partial charge on any atom is -0.295 e. The largest absolute Gasteiger partial charge is 1.00 e. The molecule has 0 aliphatic carbocycles. The molecule has 5 rings (SSSR count). The van der Waals surface area contributed by atoms with Gasteiger partial charge in [0, 0.05) is 23.0 Å². The van der Waals surface area contributed by atoms with Crippen LogP contribution >= 0.6 is 7.92 Å². The van der Waals surface area contributed by atoms with Crippen LogP contribution in [-0.4, -0.2) is 11.6 Å². The maximum absolute atomic E-state index is 4.48.